The Morgan fingerprint density at radius 2 is 2.00 bits per heavy atom. The number of fused-ring (bicyclic) bond motifs is 1. The molecule has 1 amide bonds. The summed E-state index contributed by atoms with van der Waals surface area (Å²) in [5.74, 6) is 0.631. The first-order valence-electron chi connectivity index (χ1n) is 9.05. The Kier molecular flexibility index (Phi) is 4.50. The van der Waals surface area contributed by atoms with Gasteiger partial charge >= 0.3 is 0 Å². The van der Waals surface area contributed by atoms with Gasteiger partial charge in [-0.2, -0.15) is 0 Å². The Bertz CT molecular complexity index is 1000. The molecule has 5 nitrogen and oxygen atoms in total. The zero-order valence-corrected chi connectivity index (χ0v) is 15.1. The fourth-order valence-electron chi connectivity index (χ4n) is 3.52. The van der Waals surface area contributed by atoms with Crippen LogP contribution < -0.4 is 10.2 Å². The molecule has 0 atom stereocenters. The standard InChI is InChI=1S/C22H21N3O2/c1-15-14-17(26)10-11-19(15)24-22(27)18-8-4-12-23-21(18)25-13-5-7-16-6-2-3-9-20(16)25/h2-4,6,8-12,14,26H,5,7,13H2,1H3,(H,24,27). The number of carbonyl (C=O) groups is 1. The lowest BCUT2D eigenvalue weighted by atomic mass is 10.0. The van der Waals surface area contributed by atoms with E-state index in [0.717, 1.165) is 30.6 Å². The Labute approximate surface area is 158 Å². The van der Waals surface area contributed by atoms with Gasteiger partial charge in [0.25, 0.3) is 5.91 Å². The molecule has 0 unspecified atom stereocenters. The van der Waals surface area contributed by atoms with Gasteiger partial charge in [0.2, 0.25) is 0 Å². The van der Waals surface area contributed by atoms with E-state index in [9.17, 15) is 9.90 Å². The number of phenolic OH excluding ortho intramolecular Hbond substituents is 1. The third-order valence-corrected chi connectivity index (χ3v) is 4.86. The van der Waals surface area contributed by atoms with Crippen LogP contribution in [-0.2, 0) is 6.42 Å². The zero-order valence-electron chi connectivity index (χ0n) is 15.1. The summed E-state index contributed by atoms with van der Waals surface area (Å²) in [5.41, 5.74) is 4.39. The van der Waals surface area contributed by atoms with E-state index in [2.05, 4.69) is 27.3 Å². The van der Waals surface area contributed by atoms with Crippen LogP contribution in [-0.4, -0.2) is 22.5 Å². The largest absolute Gasteiger partial charge is 0.508 e. The number of anilines is 3. The minimum absolute atomic E-state index is 0.178. The third kappa shape index (κ3) is 3.36. The fraction of sp³-hybridized carbons (Fsp3) is 0.182. The van der Waals surface area contributed by atoms with Crippen LogP contribution in [0.1, 0.15) is 27.9 Å². The molecular weight excluding hydrogens is 338 g/mol. The molecule has 0 aliphatic carbocycles. The van der Waals surface area contributed by atoms with Gasteiger partial charge in [-0.1, -0.05) is 18.2 Å². The van der Waals surface area contributed by atoms with Gasteiger partial charge in [-0.05, 0) is 67.3 Å². The third-order valence-electron chi connectivity index (χ3n) is 4.86. The number of hydrogen-bond acceptors (Lipinski definition) is 4. The van der Waals surface area contributed by atoms with Gasteiger partial charge < -0.3 is 15.3 Å². The van der Waals surface area contributed by atoms with Gasteiger partial charge in [-0.3, -0.25) is 4.79 Å². The van der Waals surface area contributed by atoms with Crippen LogP contribution in [0.2, 0.25) is 0 Å². The average molecular weight is 359 g/mol. The number of nitrogens with zero attached hydrogens (tertiary/aromatic N) is 2. The Morgan fingerprint density at radius 1 is 1.15 bits per heavy atom. The van der Waals surface area contributed by atoms with Crippen molar-refractivity contribution < 1.29 is 9.90 Å². The van der Waals surface area contributed by atoms with Crippen molar-refractivity contribution >= 4 is 23.1 Å². The van der Waals surface area contributed by atoms with E-state index in [1.807, 2.05) is 19.1 Å². The average Bonchev–Trinajstić information content (AvgIpc) is 2.69. The zero-order chi connectivity index (χ0) is 18.8. The lowest BCUT2D eigenvalue weighted by Crippen LogP contribution is -2.28. The minimum Gasteiger partial charge on any atom is -0.508 e. The van der Waals surface area contributed by atoms with Crippen LogP contribution in [0.15, 0.2) is 60.8 Å². The Morgan fingerprint density at radius 3 is 2.85 bits per heavy atom. The summed E-state index contributed by atoms with van der Waals surface area (Å²) in [6.07, 6.45) is 3.77. The van der Waals surface area contributed by atoms with Crippen LogP contribution in [0.3, 0.4) is 0 Å². The van der Waals surface area contributed by atoms with E-state index in [1.54, 1.807) is 36.5 Å². The molecule has 136 valence electrons. The van der Waals surface area contributed by atoms with Gasteiger partial charge in [-0.15, -0.1) is 0 Å². The van der Waals surface area contributed by atoms with Crippen LogP contribution >= 0.6 is 0 Å². The Hall–Kier alpha value is -3.34. The number of carbonyl (C=O) groups excluding carboxylic acids is 1. The van der Waals surface area contributed by atoms with Crippen LogP contribution in [0.5, 0.6) is 5.75 Å². The summed E-state index contributed by atoms with van der Waals surface area (Å²) in [7, 11) is 0. The second kappa shape index (κ2) is 7.11. The smallest absolute Gasteiger partial charge is 0.259 e. The molecule has 1 aromatic heterocycles. The van der Waals surface area contributed by atoms with Crippen LogP contribution in [0, 0.1) is 6.92 Å². The van der Waals surface area contributed by atoms with Gasteiger partial charge in [0.05, 0.1) is 5.56 Å². The molecule has 2 heterocycles. The summed E-state index contributed by atoms with van der Waals surface area (Å²) < 4.78 is 0. The normalized spacial score (nSPS) is 13.1. The molecular formula is C22H21N3O2. The van der Waals surface area contributed by atoms with E-state index < -0.39 is 0 Å². The van der Waals surface area contributed by atoms with Crippen molar-refractivity contribution in [2.45, 2.75) is 19.8 Å². The van der Waals surface area contributed by atoms with Crippen molar-refractivity contribution in [3.8, 4) is 5.75 Å². The van der Waals surface area contributed by atoms with Gasteiger partial charge in [0.1, 0.15) is 11.6 Å². The first-order chi connectivity index (χ1) is 13.1. The second-order valence-corrected chi connectivity index (χ2v) is 6.71. The molecule has 27 heavy (non-hydrogen) atoms. The number of hydrogen-bond donors (Lipinski definition) is 2. The molecule has 0 bridgehead atoms. The molecule has 0 saturated carbocycles. The summed E-state index contributed by atoms with van der Waals surface area (Å²) in [5, 5.41) is 12.5. The summed E-state index contributed by atoms with van der Waals surface area (Å²) in [6, 6.07) is 16.7. The van der Waals surface area contributed by atoms with Crippen molar-refractivity contribution in [1.82, 2.24) is 4.98 Å². The number of para-hydroxylation sites is 1. The first kappa shape index (κ1) is 17.1. The molecule has 2 N–H and O–H groups in total. The molecule has 2 aromatic carbocycles. The predicted molar refractivity (Wildman–Crippen MR) is 107 cm³/mol. The topological polar surface area (TPSA) is 65.5 Å². The molecule has 0 saturated heterocycles. The van der Waals surface area contributed by atoms with Crippen molar-refractivity contribution in [2.24, 2.45) is 0 Å². The molecule has 5 heteroatoms. The highest BCUT2D eigenvalue weighted by molar-refractivity contribution is 6.08. The molecule has 3 aromatic rings. The summed E-state index contributed by atoms with van der Waals surface area (Å²) >= 11 is 0. The fourth-order valence-corrected chi connectivity index (χ4v) is 3.52. The second-order valence-electron chi connectivity index (χ2n) is 6.71. The predicted octanol–water partition coefficient (Wildman–Crippen LogP) is 4.43. The van der Waals surface area contributed by atoms with Crippen molar-refractivity contribution in [2.75, 3.05) is 16.8 Å². The lowest BCUT2D eigenvalue weighted by molar-refractivity contribution is 0.102. The highest BCUT2D eigenvalue weighted by Gasteiger charge is 2.23. The monoisotopic (exact) mass is 359 g/mol. The highest BCUT2D eigenvalue weighted by Crippen LogP contribution is 2.34. The van der Waals surface area contributed by atoms with E-state index in [4.69, 9.17) is 0 Å². The SMILES string of the molecule is Cc1cc(O)ccc1NC(=O)c1cccnc1N1CCCc2ccccc21. The van der Waals surface area contributed by atoms with Crippen LogP contribution in [0.25, 0.3) is 0 Å². The number of phenols is 1. The molecule has 0 radical (unpaired) electrons. The molecule has 0 spiro atoms. The first-order valence-corrected chi connectivity index (χ1v) is 9.05. The van der Waals surface area contributed by atoms with E-state index in [0.29, 0.717) is 17.1 Å². The molecule has 1 aliphatic heterocycles. The quantitative estimate of drug-likeness (QED) is 0.679. The number of rotatable bonds is 3. The number of amides is 1. The number of benzene rings is 2. The Balaban J connectivity index is 1.69. The number of pyridine rings is 1. The molecule has 0 fully saturated rings. The molecule has 4 rings (SSSR count). The maximum Gasteiger partial charge on any atom is 0.259 e. The molecule has 1 aliphatic rings. The van der Waals surface area contributed by atoms with Gasteiger partial charge in [0, 0.05) is 24.1 Å². The minimum atomic E-state index is -0.213. The van der Waals surface area contributed by atoms with Gasteiger partial charge in [0.15, 0.2) is 0 Å². The highest BCUT2D eigenvalue weighted by atomic mass is 16.3. The number of aryl methyl sites for hydroxylation is 2. The summed E-state index contributed by atoms with van der Waals surface area (Å²) in [6.45, 7) is 2.67. The van der Waals surface area contributed by atoms with Gasteiger partial charge in [-0.25, -0.2) is 4.98 Å². The van der Waals surface area contributed by atoms with E-state index in [1.165, 1.54) is 5.56 Å². The maximum absolute atomic E-state index is 13.0. The van der Waals surface area contributed by atoms with Crippen molar-refractivity contribution in [3.05, 3.63) is 77.5 Å². The van der Waals surface area contributed by atoms with Crippen molar-refractivity contribution in [1.29, 1.82) is 0 Å². The number of nitrogens with one attached hydrogen (secondary N) is 1. The number of aromatic hydroxyl groups is 1. The van der Waals surface area contributed by atoms with Crippen LogP contribution in [0.4, 0.5) is 17.2 Å². The lowest BCUT2D eigenvalue weighted by Gasteiger charge is -2.31. The van der Waals surface area contributed by atoms with E-state index in [-0.39, 0.29) is 11.7 Å². The van der Waals surface area contributed by atoms with Crippen molar-refractivity contribution in [3.63, 3.8) is 0 Å². The summed E-state index contributed by atoms with van der Waals surface area (Å²) in [4.78, 5) is 19.6. The van der Waals surface area contributed by atoms with E-state index >= 15 is 0 Å². The maximum atomic E-state index is 13.0. The number of aromatic nitrogens is 1.